The summed E-state index contributed by atoms with van der Waals surface area (Å²) in [7, 11) is 1.46. The maximum absolute atomic E-state index is 11.5. The molecule has 5 heteroatoms. The van der Waals surface area contributed by atoms with Gasteiger partial charge in [-0.3, -0.25) is 9.69 Å². The van der Waals surface area contributed by atoms with E-state index in [0.717, 1.165) is 49.2 Å². The minimum Gasteiger partial charge on any atom is -0.469 e. The van der Waals surface area contributed by atoms with Crippen LogP contribution in [0.5, 0.6) is 0 Å². The zero-order valence-corrected chi connectivity index (χ0v) is 15.1. The van der Waals surface area contributed by atoms with Gasteiger partial charge in [0.2, 0.25) is 0 Å². The van der Waals surface area contributed by atoms with Gasteiger partial charge in [0.25, 0.3) is 0 Å². The van der Waals surface area contributed by atoms with Crippen LogP contribution >= 0.6 is 0 Å². The normalized spacial score (nSPS) is 15.7. The summed E-state index contributed by atoms with van der Waals surface area (Å²) in [6.45, 7) is 8.57. The van der Waals surface area contributed by atoms with Gasteiger partial charge in [0.15, 0.2) is 0 Å². The predicted molar refractivity (Wildman–Crippen MR) is 95.6 cm³/mol. The largest absolute Gasteiger partial charge is 0.469 e. The minimum absolute atomic E-state index is 0.0433. The van der Waals surface area contributed by atoms with E-state index in [4.69, 9.17) is 4.74 Å². The lowest BCUT2D eigenvalue weighted by molar-refractivity contribution is -0.147. The summed E-state index contributed by atoms with van der Waals surface area (Å²) < 4.78 is 4.82. The van der Waals surface area contributed by atoms with Crippen LogP contribution in [0.1, 0.15) is 38.1 Å². The van der Waals surface area contributed by atoms with Gasteiger partial charge in [-0.1, -0.05) is 25.5 Å². The lowest BCUT2D eigenvalue weighted by Gasteiger charge is -2.29. The van der Waals surface area contributed by atoms with Crippen molar-refractivity contribution in [3.63, 3.8) is 0 Å². The lowest BCUT2D eigenvalue weighted by Crippen LogP contribution is -2.36. The highest BCUT2D eigenvalue weighted by Crippen LogP contribution is 2.20. The molecule has 1 saturated heterocycles. The maximum Gasteiger partial charge on any atom is 0.308 e. The van der Waals surface area contributed by atoms with Crippen molar-refractivity contribution in [1.29, 1.82) is 0 Å². The first-order valence-corrected chi connectivity index (χ1v) is 8.68. The topological polar surface area (TPSA) is 55.3 Å². The number of rotatable bonds is 3. The van der Waals surface area contributed by atoms with Crippen LogP contribution in [-0.2, 0) is 16.1 Å². The van der Waals surface area contributed by atoms with Gasteiger partial charge in [-0.2, -0.15) is 0 Å². The third kappa shape index (κ3) is 4.51. The number of benzene rings is 1. The molecule has 24 heavy (non-hydrogen) atoms. The van der Waals surface area contributed by atoms with E-state index >= 15 is 0 Å². The number of hydrogen-bond donors (Lipinski definition) is 0. The fourth-order valence-corrected chi connectivity index (χ4v) is 2.96. The molecule has 2 heterocycles. The molecule has 1 fully saturated rings. The molecule has 3 rings (SSSR count). The summed E-state index contributed by atoms with van der Waals surface area (Å²) in [5.41, 5.74) is 2.20. The van der Waals surface area contributed by atoms with Gasteiger partial charge >= 0.3 is 5.97 Å². The molecule has 1 aromatic carbocycles. The molecule has 1 aromatic heterocycles. The second-order valence-electron chi connectivity index (χ2n) is 5.92. The first-order chi connectivity index (χ1) is 11.7. The number of nitrogens with zero attached hydrogens (tertiary/aromatic N) is 3. The predicted octanol–water partition coefficient (Wildman–Crippen LogP) is 3.35. The standard InChI is InChI=1S/C17H21N3O2.C2H6/c1-12-3-4-15-14(9-12)10-18-16(19-15)11-20-7-5-13(6-8-20)17(21)22-2;1-2/h3-4,9-10,13H,5-8,11H2,1-2H3;1-2H3. The van der Waals surface area contributed by atoms with E-state index in [1.165, 1.54) is 12.7 Å². The Morgan fingerprint density at radius 1 is 1.29 bits per heavy atom. The molecule has 0 radical (unpaired) electrons. The van der Waals surface area contributed by atoms with Gasteiger partial charge < -0.3 is 4.74 Å². The molecule has 5 nitrogen and oxygen atoms in total. The van der Waals surface area contributed by atoms with Gasteiger partial charge in [-0.05, 0) is 45.0 Å². The Labute approximate surface area is 144 Å². The second kappa shape index (κ2) is 8.73. The Kier molecular flexibility index (Phi) is 6.67. The maximum atomic E-state index is 11.5. The van der Waals surface area contributed by atoms with Crippen LogP contribution in [-0.4, -0.2) is 41.0 Å². The Balaban J connectivity index is 0.00000100. The van der Waals surface area contributed by atoms with Crippen molar-refractivity contribution in [2.75, 3.05) is 20.2 Å². The molecule has 0 spiro atoms. The number of fused-ring (bicyclic) bond motifs is 1. The first-order valence-electron chi connectivity index (χ1n) is 8.68. The number of aromatic nitrogens is 2. The third-order valence-corrected chi connectivity index (χ3v) is 4.27. The second-order valence-corrected chi connectivity index (χ2v) is 5.92. The molecular weight excluding hydrogens is 302 g/mol. The highest BCUT2D eigenvalue weighted by atomic mass is 16.5. The molecule has 0 unspecified atom stereocenters. The zero-order chi connectivity index (χ0) is 17.5. The molecule has 130 valence electrons. The van der Waals surface area contributed by atoms with E-state index in [2.05, 4.69) is 33.9 Å². The summed E-state index contributed by atoms with van der Waals surface area (Å²) >= 11 is 0. The van der Waals surface area contributed by atoms with Crippen molar-refractivity contribution in [3.05, 3.63) is 35.8 Å². The van der Waals surface area contributed by atoms with Crippen LogP contribution < -0.4 is 0 Å². The molecule has 0 N–H and O–H groups in total. The number of ether oxygens (including phenoxy) is 1. The molecule has 2 aromatic rings. The number of hydrogen-bond acceptors (Lipinski definition) is 5. The van der Waals surface area contributed by atoms with Crippen molar-refractivity contribution in [2.24, 2.45) is 5.92 Å². The SMILES string of the molecule is CC.COC(=O)C1CCN(Cc2ncc3cc(C)ccc3n2)CC1. The fraction of sp³-hybridized carbons (Fsp3) is 0.526. The quantitative estimate of drug-likeness (QED) is 0.808. The van der Waals surface area contributed by atoms with Gasteiger partial charge in [0, 0.05) is 11.6 Å². The Hall–Kier alpha value is -2.01. The number of likely N-dealkylation sites (tertiary alicyclic amines) is 1. The molecular formula is C19H27N3O2. The monoisotopic (exact) mass is 329 g/mol. The molecule has 0 aliphatic carbocycles. The van der Waals surface area contributed by atoms with Gasteiger partial charge in [-0.25, -0.2) is 9.97 Å². The van der Waals surface area contributed by atoms with Crippen LogP contribution in [0.2, 0.25) is 0 Å². The van der Waals surface area contributed by atoms with Crippen LogP contribution in [0, 0.1) is 12.8 Å². The Morgan fingerprint density at radius 3 is 2.67 bits per heavy atom. The highest BCUT2D eigenvalue weighted by molar-refractivity contribution is 5.78. The van der Waals surface area contributed by atoms with Crippen LogP contribution in [0.25, 0.3) is 10.9 Å². The van der Waals surface area contributed by atoms with E-state index in [1.54, 1.807) is 0 Å². The van der Waals surface area contributed by atoms with Gasteiger partial charge in [0.1, 0.15) is 5.82 Å². The number of esters is 1. The van der Waals surface area contributed by atoms with E-state index in [-0.39, 0.29) is 11.9 Å². The van der Waals surface area contributed by atoms with Crippen molar-refractivity contribution in [3.8, 4) is 0 Å². The molecule has 0 atom stereocenters. The summed E-state index contributed by atoms with van der Waals surface area (Å²) in [4.78, 5) is 22.9. The van der Waals surface area contributed by atoms with Crippen molar-refractivity contribution in [2.45, 2.75) is 40.2 Å². The number of carbonyl (C=O) groups excluding carboxylic acids is 1. The summed E-state index contributed by atoms with van der Waals surface area (Å²) in [6.07, 6.45) is 3.59. The molecule has 0 amide bonds. The van der Waals surface area contributed by atoms with Crippen LogP contribution in [0.15, 0.2) is 24.4 Å². The number of aryl methyl sites for hydroxylation is 1. The van der Waals surface area contributed by atoms with Crippen LogP contribution in [0.3, 0.4) is 0 Å². The average molecular weight is 329 g/mol. The van der Waals surface area contributed by atoms with E-state index in [9.17, 15) is 4.79 Å². The summed E-state index contributed by atoms with van der Waals surface area (Å²) in [5, 5.41) is 1.08. The number of methoxy groups -OCH3 is 1. The molecule has 1 aliphatic heterocycles. The van der Waals surface area contributed by atoms with Gasteiger partial charge in [-0.15, -0.1) is 0 Å². The van der Waals surface area contributed by atoms with E-state index in [0.29, 0.717) is 0 Å². The number of piperidine rings is 1. The van der Waals surface area contributed by atoms with Crippen molar-refractivity contribution >= 4 is 16.9 Å². The van der Waals surface area contributed by atoms with Crippen molar-refractivity contribution in [1.82, 2.24) is 14.9 Å². The van der Waals surface area contributed by atoms with E-state index in [1.807, 2.05) is 26.1 Å². The summed E-state index contributed by atoms with van der Waals surface area (Å²) in [6, 6.07) is 6.21. The first kappa shape index (κ1) is 18.3. The van der Waals surface area contributed by atoms with Gasteiger partial charge in [0.05, 0.1) is 25.1 Å². The Morgan fingerprint density at radius 2 is 2.00 bits per heavy atom. The van der Waals surface area contributed by atoms with Crippen molar-refractivity contribution < 1.29 is 9.53 Å². The fourth-order valence-electron chi connectivity index (χ4n) is 2.96. The smallest absolute Gasteiger partial charge is 0.308 e. The molecule has 0 bridgehead atoms. The van der Waals surface area contributed by atoms with Crippen LogP contribution in [0.4, 0.5) is 0 Å². The lowest BCUT2D eigenvalue weighted by atomic mass is 9.97. The molecule has 1 aliphatic rings. The average Bonchev–Trinajstić information content (AvgIpc) is 2.63. The zero-order valence-electron chi connectivity index (χ0n) is 15.1. The minimum atomic E-state index is -0.0861. The van der Waals surface area contributed by atoms with E-state index < -0.39 is 0 Å². The molecule has 0 saturated carbocycles. The summed E-state index contributed by atoms with van der Waals surface area (Å²) in [5.74, 6) is 0.798. The highest BCUT2D eigenvalue weighted by Gasteiger charge is 2.25. The third-order valence-electron chi connectivity index (χ3n) is 4.27. The Bertz CT molecular complexity index is 679. The number of carbonyl (C=O) groups is 1.